The minimum Gasteiger partial charge on any atom is -0.507 e. The summed E-state index contributed by atoms with van der Waals surface area (Å²) in [4.78, 5) is 13.1. The molecule has 0 radical (unpaired) electrons. The van der Waals surface area contributed by atoms with Crippen molar-refractivity contribution in [3.63, 3.8) is 0 Å². The van der Waals surface area contributed by atoms with Crippen molar-refractivity contribution in [2.75, 3.05) is 17.7 Å². The van der Waals surface area contributed by atoms with Crippen LogP contribution in [0.5, 0.6) is 5.75 Å². The number of nitrogens with one attached hydrogen (secondary N) is 3. The van der Waals surface area contributed by atoms with Gasteiger partial charge in [-0.25, -0.2) is 13.1 Å². The number of benzene rings is 3. The molecule has 0 heterocycles. The van der Waals surface area contributed by atoms with E-state index in [1.807, 2.05) is 44.2 Å². The van der Waals surface area contributed by atoms with Crippen LogP contribution in [0.15, 0.2) is 53.4 Å². The van der Waals surface area contributed by atoms with Crippen LogP contribution in [0, 0.1) is 13.8 Å². The Morgan fingerprint density at radius 2 is 1.65 bits per heavy atom. The number of anilines is 2. The summed E-state index contributed by atoms with van der Waals surface area (Å²) in [6, 6.07) is 14.1. The molecule has 4 rings (SSSR count). The smallest absolute Gasteiger partial charge is 0.255 e. The molecule has 1 aliphatic carbocycles. The molecule has 3 aromatic carbocycles. The van der Waals surface area contributed by atoms with E-state index in [4.69, 9.17) is 0 Å². The predicted molar refractivity (Wildman–Crippen MR) is 134 cm³/mol. The van der Waals surface area contributed by atoms with Crippen molar-refractivity contribution in [2.24, 2.45) is 0 Å². The van der Waals surface area contributed by atoms with E-state index < -0.39 is 10.0 Å². The summed E-state index contributed by atoms with van der Waals surface area (Å²) in [6.07, 6.45) is 3.17. The van der Waals surface area contributed by atoms with E-state index in [0.29, 0.717) is 17.9 Å². The Hall–Kier alpha value is -3.36. The zero-order valence-corrected chi connectivity index (χ0v) is 20.3. The number of aromatic hydroxyl groups is 1. The van der Waals surface area contributed by atoms with E-state index in [-0.39, 0.29) is 22.1 Å². The molecular formula is C26H29N3O4S. The number of carbonyl (C=O) groups is 1. The lowest BCUT2D eigenvalue weighted by molar-refractivity contribution is 0.102. The van der Waals surface area contributed by atoms with Gasteiger partial charge in [0.1, 0.15) is 5.75 Å². The first kappa shape index (κ1) is 23.8. The average molecular weight is 480 g/mol. The quantitative estimate of drug-likeness (QED) is 0.405. The summed E-state index contributed by atoms with van der Waals surface area (Å²) in [5, 5.41) is 16.1. The van der Waals surface area contributed by atoms with Crippen molar-refractivity contribution < 1.29 is 18.3 Å². The number of sulfonamides is 1. The Kier molecular flexibility index (Phi) is 6.63. The van der Waals surface area contributed by atoms with Crippen LogP contribution in [0.25, 0.3) is 0 Å². The fraction of sp³-hybridized carbons (Fsp3) is 0.269. The first-order valence-corrected chi connectivity index (χ1v) is 12.7. The Bertz CT molecular complexity index is 1340. The average Bonchev–Trinajstić information content (AvgIpc) is 3.28. The summed E-state index contributed by atoms with van der Waals surface area (Å²) in [7, 11) is -2.43. The zero-order valence-electron chi connectivity index (χ0n) is 19.5. The summed E-state index contributed by atoms with van der Waals surface area (Å²) >= 11 is 0. The minimum absolute atomic E-state index is 0.00262. The van der Waals surface area contributed by atoms with Crippen LogP contribution in [-0.2, 0) is 29.4 Å². The second-order valence-electron chi connectivity index (χ2n) is 8.68. The Labute approximate surface area is 200 Å². The van der Waals surface area contributed by atoms with Gasteiger partial charge >= 0.3 is 0 Å². The summed E-state index contributed by atoms with van der Waals surface area (Å²) in [6.45, 7) is 4.05. The number of carbonyl (C=O) groups excluding carboxylic acids is 1. The highest BCUT2D eigenvalue weighted by atomic mass is 32.2. The summed E-state index contributed by atoms with van der Waals surface area (Å²) in [5.74, 6) is -0.123. The maximum atomic E-state index is 13.1. The van der Waals surface area contributed by atoms with Crippen molar-refractivity contribution in [3.8, 4) is 5.75 Å². The van der Waals surface area contributed by atoms with Crippen molar-refractivity contribution in [3.05, 3.63) is 81.9 Å². The Balaban J connectivity index is 1.61. The van der Waals surface area contributed by atoms with Crippen LogP contribution < -0.4 is 15.4 Å². The number of amides is 1. The third-order valence-corrected chi connectivity index (χ3v) is 7.55. The molecule has 1 aliphatic rings. The van der Waals surface area contributed by atoms with Crippen molar-refractivity contribution in [2.45, 2.75) is 44.6 Å². The molecule has 34 heavy (non-hydrogen) atoms. The van der Waals surface area contributed by atoms with Crippen molar-refractivity contribution in [1.29, 1.82) is 0 Å². The van der Waals surface area contributed by atoms with Gasteiger partial charge in [-0.3, -0.25) is 4.79 Å². The second-order valence-corrected chi connectivity index (χ2v) is 10.6. The van der Waals surface area contributed by atoms with E-state index in [0.717, 1.165) is 36.0 Å². The number of rotatable bonds is 7. The Morgan fingerprint density at radius 1 is 0.941 bits per heavy atom. The molecule has 4 N–H and O–H groups in total. The van der Waals surface area contributed by atoms with Crippen LogP contribution in [0.2, 0.25) is 0 Å². The van der Waals surface area contributed by atoms with Gasteiger partial charge in [-0.1, -0.05) is 18.2 Å². The van der Waals surface area contributed by atoms with Crippen LogP contribution in [-0.4, -0.2) is 26.5 Å². The lowest BCUT2D eigenvalue weighted by Gasteiger charge is -2.14. The van der Waals surface area contributed by atoms with Gasteiger partial charge in [0.15, 0.2) is 0 Å². The van der Waals surface area contributed by atoms with Gasteiger partial charge in [0, 0.05) is 23.5 Å². The topological polar surface area (TPSA) is 108 Å². The van der Waals surface area contributed by atoms with Crippen LogP contribution in [0.4, 0.5) is 11.4 Å². The van der Waals surface area contributed by atoms with Gasteiger partial charge in [-0.15, -0.1) is 0 Å². The molecule has 0 saturated carbocycles. The van der Waals surface area contributed by atoms with E-state index in [1.54, 1.807) is 6.07 Å². The molecule has 1 amide bonds. The molecule has 0 aromatic heterocycles. The molecule has 0 saturated heterocycles. The van der Waals surface area contributed by atoms with Gasteiger partial charge in [0.05, 0.1) is 4.90 Å². The Morgan fingerprint density at radius 3 is 2.35 bits per heavy atom. The molecule has 0 spiro atoms. The summed E-state index contributed by atoms with van der Waals surface area (Å²) < 4.78 is 27.3. The number of phenols is 1. The van der Waals surface area contributed by atoms with Gasteiger partial charge in [0.2, 0.25) is 10.0 Å². The van der Waals surface area contributed by atoms with E-state index in [2.05, 4.69) is 15.4 Å². The van der Waals surface area contributed by atoms with Gasteiger partial charge < -0.3 is 15.7 Å². The number of hydrogen-bond acceptors (Lipinski definition) is 5. The zero-order chi connectivity index (χ0) is 24.5. The fourth-order valence-corrected chi connectivity index (χ4v) is 5.11. The predicted octanol–water partition coefficient (Wildman–Crippen LogP) is 4.27. The molecule has 0 aliphatic heterocycles. The second kappa shape index (κ2) is 9.48. The molecule has 178 valence electrons. The standard InChI is InChI=1S/C26H29N3O4S/c1-16-9-18(10-17(2)25(16)30)15-28-23-12-21(13-24(14-23)34(32,33)27-3)26(31)29-22-8-7-19-5-4-6-20(19)11-22/h7-14,27-28,30H,4-6,15H2,1-3H3,(H,29,31). The molecule has 7 nitrogen and oxygen atoms in total. The van der Waals surface area contributed by atoms with E-state index in [9.17, 15) is 18.3 Å². The molecule has 0 atom stereocenters. The van der Waals surface area contributed by atoms with Gasteiger partial charge in [0.25, 0.3) is 5.91 Å². The lowest BCUT2D eigenvalue weighted by Crippen LogP contribution is -2.20. The SMILES string of the molecule is CNS(=O)(=O)c1cc(NCc2cc(C)c(O)c(C)c2)cc(C(=O)Nc2ccc3c(c2)CCC3)c1. The van der Waals surface area contributed by atoms with Crippen LogP contribution in [0.3, 0.4) is 0 Å². The van der Waals surface area contributed by atoms with E-state index >= 15 is 0 Å². The molecular weight excluding hydrogens is 450 g/mol. The molecule has 0 fully saturated rings. The van der Waals surface area contributed by atoms with Crippen molar-refractivity contribution >= 4 is 27.3 Å². The molecule has 0 unspecified atom stereocenters. The molecule has 0 bridgehead atoms. The monoisotopic (exact) mass is 479 g/mol. The lowest BCUT2D eigenvalue weighted by atomic mass is 10.1. The largest absolute Gasteiger partial charge is 0.507 e. The first-order chi connectivity index (χ1) is 16.2. The third-order valence-electron chi connectivity index (χ3n) is 6.15. The van der Waals surface area contributed by atoms with Crippen LogP contribution >= 0.6 is 0 Å². The number of phenolic OH excluding ortho intramolecular Hbond substituents is 1. The number of aryl methyl sites for hydroxylation is 4. The first-order valence-electron chi connectivity index (χ1n) is 11.2. The molecule has 8 heteroatoms. The highest BCUT2D eigenvalue weighted by molar-refractivity contribution is 7.89. The normalized spacial score (nSPS) is 12.9. The third kappa shape index (κ3) is 5.08. The minimum atomic E-state index is -3.76. The highest BCUT2D eigenvalue weighted by Crippen LogP contribution is 2.27. The van der Waals surface area contributed by atoms with Crippen LogP contribution in [0.1, 0.15) is 44.6 Å². The number of hydrogen-bond donors (Lipinski definition) is 4. The molecule has 3 aromatic rings. The van der Waals surface area contributed by atoms with Crippen molar-refractivity contribution in [1.82, 2.24) is 4.72 Å². The van der Waals surface area contributed by atoms with E-state index in [1.165, 1.54) is 30.3 Å². The maximum absolute atomic E-state index is 13.1. The van der Waals surface area contributed by atoms with Gasteiger partial charge in [-0.05, 0) is 98.3 Å². The van der Waals surface area contributed by atoms with Gasteiger partial charge in [-0.2, -0.15) is 0 Å². The fourth-order valence-electron chi connectivity index (χ4n) is 4.31. The summed E-state index contributed by atoms with van der Waals surface area (Å²) in [5.41, 5.74) is 6.43. The number of fused-ring (bicyclic) bond motifs is 1. The highest BCUT2D eigenvalue weighted by Gasteiger charge is 2.18. The maximum Gasteiger partial charge on any atom is 0.255 e.